The molecule has 10 heteroatoms. The first kappa shape index (κ1) is 18.3. The smallest absolute Gasteiger partial charge is 0.318 e. The zero-order valence-electron chi connectivity index (χ0n) is 8.07. The van der Waals surface area contributed by atoms with E-state index in [0.717, 1.165) is 6.92 Å². The summed E-state index contributed by atoms with van der Waals surface area (Å²) in [6.45, 7) is 1.08. The van der Waals surface area contributed by atoms with Crippen molar-refractivity contribution >= 4 is 23.9 Å². The van der Waals surface area contributed by atoms with E-state index < -0.39 is 18.0 Å². The summed E-state index contributed by atoms with van der Waals surface area (Å²) >= 11 is 0. The van der Waals surface area contributed by atoms with Crippen LogP contribution in [0.4, 0.5) is 4.79 Å². The molecule has 0 bridgehead atoms. The third-order valence-electron chi connectivity index (χ3n) is 0.258. The molecule has 0 spiro atoms. The van der Waals surface area contributed by atoms with Crippen molar-refractivity contribution in [1.29, 1.82) is 10.8 Å². The molecule has 88 valence electrons. The van der Waals surface area contributed by atoms with Crippen LogP contribution in [-0.4, -0.2) is 29.0 Å². The van der Waals surface area contributed by atoms with Gasteiger partial charge in [0, 0.05) is 6.92 Å². The minimum absolute atomic E-state index is 0.333. The molecule has 0 aromatic heterocycles. The Balaban J connectivity index is -0.000000155. The van der Waals surface area contributed by atoms with Crippen molar-refractivity contribution in [2.75, 3.05) is 0 Å². The molecule has 0 unspecified atom stereocenters. The molecule has 0 heterocycles. The van der Waals surface area contributed by atoms with E-state index in [9.17, 15) is 4.79 Å². The number of carboxylic acid groups (broad SMARTS) is 1. The van der Waals surface area contributed by atoms with Crippen molar-refractivity contribution < 1.29 is 14.7 Å². The quantitative estimate of drug-likeness (QED) is 0.163. The Hall–Kier alpha value is -2.52. The maximum Gasteiger partial charge on any atom is 0.318 e. The summed E-state index contributed by atoms with van der Waals surface area (Å²) in [4.78, 5) is 18.7. The number of carbonyl (C=O) groups is 2. The average Bonchev–Trinajstić information content (AvgIpc) is 1.78. The minimum atomic E-state index is -0.833. The zero-order chi connectivity index (χ0) is 13.0. The fourth-order valence-electron chi connectivity index (χ4n) is 0.133. The van der Waals surface area contributed by atoms with Gasteiger partial charge in [-0.15, -0.1) is 0 Å². The van der Waals surface area contributed by atoms with Crippen LogP contribution in [0.1, 0.15) is 6.92 Å². The van der Waals surface area contributed by atoms with Crippen LogP contribution in [0, 0.1) is 10.8 Å². The number of hydrogen-bond donors (Lipinski definition) is 8. The first-order valence-corrected chi connectivity index (χ1v) is 3.29. The summed E-state index contributed by atoms with van der Waals surface area (Å²) in [6.07, 6.45) is 0. The fraction of sp³-hybridized carbons (Fsp3) is 0.200. The molecule has 0 radical (unpaired) electrons. The van der Waals surface area contributed by atoms with Gasteiger partial charge in [0.1, 0.15) is 0 Å². The summed E-state index contributed by atoms with van der Waals surface area (Å²) in [5.41, 5.74) is 18.1. The molecule has 0 saturated heterocycles. The van der Waals surface area contributed by atoms with Crippen LogP contribution in [0.15, 0.2) is 0 Å². The van der Waals surface area contributed by atoms with E-state index in [4.69, 9.17) is 20.7 Å². The summed E-state index contributed by atoms with van der Waals surface area (Å²) in [5, 5.41) is 21.7. The van der Waals surface area contributed by atoms with Crippen molar-refractivity contribution in [2.24, 2.45) is 22.9 Å². The molecule has 2 amide bonds. The van der Waals surface area contributed by atoms with Gasteiger partial charge in [0.15, 0.2) is 11.9 Å². The predicted octanol–water partition coefficient (Wildman–Crippen LogP) is -2.52. The molecule has 0 aromatic rings. The molecule has 0 aliphatic heterocycles. The van der Waals surface area contributed by atoms with Crippen molar-refractivity contribution in [3.05, 3.63) is 0 Å². The predicted molar refractivity (Wildman–Crippen MR) is 54.0 cm³/mol. The van der Waals surface area contributed by atoms with Gasteiger partial charge in [-0.25, -0.2) is 4.79 Å². The maximum atomic E-state index is 9.70. The molecule has 0 aromatic carbocycles. The largest absolute Gasteiger partial charge is 0.481 e. The monoisotopic (exact) mass is 221 g/mol. The van der Waals surface area contributed by atoms with Gasteiger partial charge in [-0.2, -0.15) is 0 Å². The maximum absolute atomic E-state index is 9.70. The topological polar surface area (TPSA) is 218 Å². The highest BCUT2D eigenvalue weighted by molar-refractivity contribution is 5.92. The molecule has 12 N–H and O–H groups in total. The first-order chi connectivity index (χ1) is 6.59. The summed E-state index contributed by atoms with van der Waals surface area (Å²) in [6, 6.07) is -0.812. The molecule has 10 nitrogen and oxygen atoms in total. The number of amides is 2. The lowest BCUT2D eigenvalue weighted by Gasteiger charge is -1.91. The molecule has 0 aliphatic carbocycles. The summed E-state index contributed by atoms with van der Waals surface area (Å²) in [5.74, 6) is -1.60. The number of aliphatic carboxylic acids is 1. The number of guanidine groups is 2. The van der Waals surface area contributed by atoms with Crippen LogP contribution in [-0.2, 0) is 4.79 Å². The Bertz CT molecular complexity index is 207. The van der Waals surface area contributed by atoms with E-state index in [1.54, 1.807) is 5.32 Å². The van der Waals surface area contributed by atoms with Crippen LogP contribution in [0.25, 0.3) is 0 Å². The lowest BCUT2D eigenvalue weighted by molar-refractivity contribution is -0.134. The zero-order valence-corrected chi connectivity index (χ0v) is 8.07. The second-order valence-electron chi connectivity index (χ2n) is 1.88. The van der Waals surface area contributed by atoms with E-state index in [0.29, 0.717) is 0 Å². The lowest BCUT2D eigenvalue weighted by atomic mass is 10.9. The van der Waals surface area contributed by atoms with Gasteiger partial charge in [-0.1, -0.05) is 0 Å². The normalized spacial score (nSPS) is 6.73. The second-order valence-corrected chi connectivity index (χ2v) is 1.88. The second kappa shape index (κ2) is 11.5. The van der Waals surface area contributed by atoms with Crippen LogP contribution in [0.3, 0.4) is 0 Å². The summed E-state index contributed by atoms with van der Waals surface area (Å²) in [7, 11) is 0. The van der Waals surface area contributed by atoms with Gasteiger partial charge in [0.05, 0.1) is 0 Å². The van der Waals surface area contributed by atoms with E-state index in [2.05, 4.69) is 22.9 Å². The Morgan fingerprint density at radius 1 is 1.13 bits per heavy atom. The van der Waals surface area contributed by atoms with Gasteiger partial charge in [0.2, 0.25) is 0 Å². The highest BCUT2D eigenvalue weighted by Crippen LogP contribution is 1.48. The molecule has 0 rings (SSSR count). The Morgan fingerprint density at radius 3 is 1.33 bits per heavy atom. The van der Waals surface area contributed by atoms with Crippen molar-refractivity contribution in [1.82, 2.24) is 5.32 Å². The van der Waals surface area contributed by atoms with Crippen LogP contribution in [0.5, 0.6) is 0 Å². The van der Waals surface area contributed by atoms with Gasteiger partial charge in [-0.05, 0) is 0 Å². The molecule has 0 saturated carbocycles. The SMILES string of the molecule is CC(=O)O.N=C(N)N.N=C(N)NC(N)=O. The van der Waals surface area contributed by atoms with E-state index >= 15 is 0 Å². The third kappa shape index (κ3) is 471. The highest BCUT2D eigenvalue weighted by Gasteiger charge is 1.88. The molecule has 0 aliphatic rings. The summed E-state index contributed by atoms with van der Waals surface area (Å²) < 4.78 is 0. The van der Waals surface area contributed by atoms with Crippen LogP contribution in [0.2, 0.25) is 0 Å². The van der Waals surface area contributed by atoms with Crippen LogP contribution < -0.4 is 28.3 Å². The number of carboxylic acids is 1. The van der Waals surface area contributed by atoms with Crippen molar-refractivity contribution in [3.63, 3.8) is 0 Å². The minimum Gasteiger partial charge on any atom is -0.481 e. The average molecular weight is 221 g/mol. The standard InChI is InChI=1S/C2H6N4O.C2H4O2.CH5N3/c3-1(4)6-2(5)7;1-2(3)4;2-1(3)4/h(H6,3,4,5,6,7);1H3,(H,3,4);(H5,2,3,4). The number of nitrogens with one attached hydrogen (secondary N) is 3. The van der Waals surface area contributed by atoms with E-state index in [-0.39, 0.29) is 5.96 Å². The first-order valence-electron chi connectivity index (χ1n) is 3.29. The number of nitrogens with two attached hydrogens (primary N) is 4. The number of primary amides is 1. The Labute approximate surface area is 85.6 Å². The lowest BCUT2D eigenvalue weighted by Crippen LogP contribution is -2.39. The Kier molecular flexibility index (Phi) is 14.0. The highest BCUT2D eigenvalue weighted by atomic mass is 16.4. The molecule has 0 atom stereocenters. The van der Waals surface area contributed by atoms with Crippen molar-refractivity contribution in [3.8, 4) is 0 Å². The third-order valence-corrected chi connectivity index (χ3v) is 0.258. The number of carbonyl (C=O) groups excluding carboxylic acids is 1. The molecule has 0 fully saturated rings. The van der Waals surface area contributed by atoms with E-state index in [1.165, 1.54) is 0 Å². The number of urea groups is 1. The van der Waals surface area contributed by atoms with Crippen molar-refractivity contribution in [2.45, 2.75) is 6.92 Å². The van der Waals surface area contributed by atoms with Crippen LogP contribution >= 0.6 is 0 Å². The Morgan fingerprint density at radius 2 is 1.33 bits per heavy atom. The molecular weight excluding hydrogens is 206 g/mol. The van der Waals surface area contributed by atoms with Gasteiger partial charge in [-0.3, -0.25) is 20.9 Å². The molecule has 15 heavy (non-hydrogen) atoms. The number of hydrogen-bond acceptors (Lipinski definition) is 4. The van der Waals surface area contributed by atoms with Gasteiger partial charge < -0.3 is 28.0 Å². The molecular formula is C5H15N7O3. The van der Waals surface area contributed by atoms with Gasteiger partial charge >= 0.3 is 6.03 Å². The fourth-order valence-corrected chi connectivity index (χ4v) is 0.133. The van der Waals surface area contributed by atoms with E-state index in [1.807, 2.05) is 0 Å². The van der Waals surface area contributed by atoms with Gasteiger partial charge in [0.25, 0.3) is 5.97 Å². The number of rotatable bonds is 0.